The fourth-order valence-electron chi connectivity index (χ4n) is 3.88. The van der Waals surface area contributed by atoms with Gasteiger partial charge in [0.2, 0.25) is 5.91 Å². The lowest BCUT2D eigenvalue weighted by Crippen LogP contribution is -2.53. The number of esters is 1. The molecule has 0 aliphatic carbocycles. The fourth-order valence-corrected chi connectivity index (χ4v) is 3.88. The maximum absolute atomic E-state index is 12.8. The van der Waals surface area contributed by atoms with Crippen LogP contribution in [0.25, 0.3) is 10.9 Å². The van der Waals surface area contributed by atoms with Gasteiger partial charge in [-0.1, -0.05) is 18.2 Å². The monoisotopic (exact) mass is 401 g/mol. The number of rotatable bonds is 8. The summed E-state index contributed by atoms with van der Waals surface area (Å²) in [6.45, 7) is 4.03. The number of carboxylic acid groups (broad SMARTS) is 1. The van der Waals surface area contributed by atoms with E-state index in [0.717, 1.165) is 16.5 Å². The summed E-state index contributed by atoms with van der Waals surface area (Å²) in [6.07, 6.45) is 3.31. The highest BCUT2D eigenvalue weighted by atomic mass is 16.5. The van der Waals surface area contributed by atoms with Crippen molar-refractivity contribution in [1.82, 2.24) is 15.2 Å². The molecule has 2 heterocycles. The number of aromatic nitrogens is 1. The SMILES string of the molecule is CCOC(=O)C(Cc1c[nH]c2ccccc12)N[C@@H](C)C(=O)N1CCC[C@H]1C(=O)O. The van der Waals surface area contributed by atoms with Gasteiger partial charge in [-0.3, -0.25) is 14.9 Å². The van der Waals surface area contributed by atoms with Gasteiger partial charge in [0.05, 0.1) is 12.6 Å². The Kier molecular flexibility index (Phi) is 6.53. The first-order valence-corrected chi connectivity index (χ1v) is 9.93. The minimum absolute atomic E-state index is 0.237. The Labute approximate surface area is 169 Å². The molecule has 1 aromatic heterocycles. The summed E-state index contributed by atoms with van der Waals surface area (Å²) in [4.78, 5) is 41.3. The first-order valence-electron chi connectivity index (χ1n) is 9.93. The molecule has 1 amide bonds. The third-order valence-corrected chi connectivity index (χ3v) is 5.31. The normalized spacial score (nSPS) is 18.6. The summed E-state index contributed by atoms with van der Waals surface area (Å²) in [6, 6.07) is 5.55. The Bertz CT molecular complexity index is 893. The topological polar surface area (TPSA) is 112 Å². The molecule has 156 valence electrons. The van der Waals surface area contributed by atoms with Crippen LogP contribution in [0.4, 0.5) is 0 Å². The van der Waals surface area contributed by atoms with Crippen molar-refractivity contribution >= 4 is 28.7 Å². The minimum Gasteiger partial charge on any atom is -0.480 e. The number of para-hydroxylation sites is 1. The maximum atomic E-state index is 12.8. The number of aromatic amines is 1. The summed E-state index contributed by atoms with van der Waals surface area (Å²) in [5.74, 6) is -1.75. The fraction of sp³-hybridized carbons (Fsp3) is 0.476. The van der Waals surface area contributed by atoms with Crippen LogP contribution in [-0.4, -0.2) is 64.1 Å². The zero-order valence-electron chi connectivity index (χ0n) is 16.7. The lowest BCUT2D eigenvalue weighted by atomic mass is 10.0. The van der Waals surface area contributed by atoms with E-state index in [1.54, 1.807) is 13.8 Å². The molecule has 0 bridgehead atoms. The smallest absolute Gasteiger partial charge is 0.326 e. The van der Waals surface area contributed by atoms with Gasteiger partial charge in [-0.05, 0) is 38.3 Å². The van der Waals surface area contributed by atoms with E-state index in [4.69, 9.17) is 4.74 Å². The molecule has 2 aromatic rings. The molecule has 1 fully saturated rings. The number of amides is 1. The number of likely N-dealkylation sites (tertiary alicyclic amines) is 1. The highest BCUT2D eigenvalue weighted by molar-refractivity contribution is 5.88. The Hall–Kier alpha value is -2.87. The number of carbonyl (C=O) groups excluding carboxylic acids is 2. The number of nitrogens with one attached hydrogen (secondary N) is 2. The van der Waals surface area contributed by atoms with Gasteiger partial charge in [0.1, 0.15) is 12.1 Å². The molecule has 1 aliphatic heterocycles. The van der Waals surface area contributed by atoms with Crippen LogP contribution in [-0.2, 0) is 25.5 Å². The molecule has 8 heteroatoms. The molecule has 1 aromatic carbocycles. The number of nitrogens with zero attached hydrogens (tertiary/aromatic N) is 1. The number of hydrogen-bond acceptors (Lipinski definition) is 5. The van der Waals surface area contributed by atoms with Crippen LogP contribution in [0.1, 0.15) is 32.3 Å². The summed E-state index contributed by atoms with van der Waals surface area (Å²) < 4.78 is 5.20. The Balaban J connectivity index is 1.75. The zero-order chi connectivity index (χ0) is 21.0. The van der Waals surface area contributed by atoms with Crippen molar-refractivity contribution < 1.29 is 24.2 Å². The van der Waals surface area contributed by atoms with Crippen LogP contribution in [0, 0.1) is 0 Å². The number of fused-ring (bicyclic) bond motifs is 1. The molecule has 0 saturated carbocycles. The van der Waals surface area contributed by atoms with E-state index >= 15 is 0 Å². The number of carboxylic acids is 1. The Morgan fingerprint density at radius 1 is 1.34 bits per heavy atom. The second kappa shape index (κ2) is 9.09. The summed E-state index contributed by atoms with van der Waals surface area (Å²) in [5, 5.41) is 13.4. The van der Waals surface area contributed by atoms with Crippen molar-refractivity contribution in [3.05, 3.63) is 36.0 Å². The third kappa shape index (κ3) is 4.59. The zero-order valence-corrected chi connectivity index (χ0v) is 16.7. The molecule has 3 atom stereocenters. The molecule has 1 unspecified atom stereocenters. The molecule has 29 heavy (non-hydrogen) atoms. The number of aliphatic carboxylic acids is 1. The summed E-state index contributed by atoms with van der Waals surface area (Å²) >= 11 is 0. The van der Waals surface area contributed by atoms with Crippen LogP contribution in [0.15, 0.2) is 30.5 Å². The summed E-state index contributed by atoms with van der Waals surface area (Å²) in [5.41, 5.74) is 1.91. The number of carbonyl (C=O) groups is 3. The molecule has 1 saturated heterocycles. The van der Waals surface area contributed by atoms with Gasteiger partial charge in [0.15, 0.2) is 0 Å². The molecule has 3 N–H and O–H groups in total. The van der Waals surface area contributed by atoms with E-state index in [0.29, 0.717) is 25.8 Å². The van der Waals surface area contributed by atoms with Crippen LogP contribution >= 0.6 is 0 Å². The predicted octanol–water partition coefficient (Wildman–Crippen LogP) is 1.70. The molecular weight excluding hydrogens is 374 g/mol. The van der Waals surface area contributed by atoms with Crippen molar-refractivity contribution in [3.8, 4) is 0 Å². The molecular formula is C21H27N3O5. The highest BCUT2D eigenvalue weighted by Gasteiger charge is 2.37. The second-order valence-corrected chi connectivity index (χ2v) is 7.28. The number of ether oxygens (including phenoxy) is 1. The summed E-state index contributed by atoms with van der Waals surface area (Å²) in [7, 11) is 0. The van der Waals surface area contributed by atoms with Crippen molar-refractivity contribution in [2.75, 3.05) is 13.2 Å². The number of hydrogen-bond donors (Lipinski definition) is 3. The van der Waals surface area contributed by atoms with Crippen LogP contribution in [0.5, 0.6) is 0 Å². The van der Waals surface area contributed by atoms with Crippen molar-refractivity contribution in [2.24, 2.45) is 0 Å². The lowest BCUT2D eigenvalue weighted by molar-refractivity contribution is -0.150. The first kappa shape index (κ1) is 20.9. The molecule has 8 nitrogen and oxygen atoms in total. The van der Waals surface area contributed by atoms with E-state index in [1.165, 1.54) is 4.90 Å². The van der Waals surface area contributed by atoms with Gasteiger partial charge in [-0.2, -0.15) is 0 Å². The van der Waals surface area contributed by atoms with Crippen molar-refractivity contribution in [3.63, 3.8) is 0 Å². The largest absolute Gasteiger partial charge is 0.480 e. The van der Waals surface area contributed by atoms with Gasteiger partial charge in [0, 0.05) is 30.1 Å². The van der Waals surface area contributed by atoms with Crippen LogP contribution < -0.4 is 5.32 Å². The van der Waals surface area contributed by atoms with E-state index in [9.17, 15) is 19.5 Å². The van der Waals surface area contributed by atoms with Gasteiger partial charge in [-0.25, -0.2) is 4.79 Å². The van der Waals surface area contributed by atoms with Crippen LogP contribution in [0.2, 0.25) is 0 Å². The third-order valence-electron chi connectivity index (χ3n) is 5.31. The molecule has 3 rings (SSSR count). The van der Waals surface area contributed by atoms with Crippen LogP contribution in [0.3, 0.4) is 0 Å². The van der Waals surface area contributed by atoms with E-state index in [2.05, 4.69) is 10.3 Å². The second-order valence-electron chi connectivity index (χ2n) is 7.28. The lowest BCUT2D eigenvalue weighted by Gasteiger charge is -2.27. The van der Waals surface area contributed by atoms with Gasteiger partial charge >= 0.3 is 11.9 Å². The maximum Gasteiger partial charge on any atom is 0.326 e. The quantitative estimate of drug-likeness (QED) is 0.581. The first-order chi connectivity index (χ1) is 13.9. The van der Waals surface area contributed by atoms with Crippen molar-refractivity contribution in [1.29, 1.82) is 0 Å². The van der Waals surface area contributed by atoms with E-state index in [1.807, 2.05) is 30.5 Å². The van der Waals surface area contributed by atoms with E-state index in [-0.39, 0.29) is 12.5 Å². The number of benzene rings is 1. The Morgan fingerprint density at radius 3 is 2.83 bits per heavy atom. The molecule has 0 radical (unpaired) electrons. The molecule has 1 aliphatic rings. The Morgan fingerprint density at radius 2 is 2.10 bits per heavy atom. The van der Waals surface area contributed by atoms with Crippen molar-refractivity contribution in [2.45, 2.75) is 51.2 Å². The van der Waals surface area contributed by atoms with E-state index < -0.39 is 30.1 Å². The average Bonchev–Trinajstić information content (AvgIpc) is 3.34. The van der Waals surface area contributed by atoms with Gasteiger partial charge in [0.25, 0.3) is 0 Å². The standard InChI is InChI=1S/C21H27N3O5/c1-3-29-21(28)17(11-14-12-22-16-8-5-4-7-15(14)16)23-13(2)19(25)24-10-6-9-18(24)20(26)27/h4-5,7-8,12-13,17-18,22-23H,3,6,9-11H2,1-2H3,(H,26,27)/t13-,17?,18-/m0/s1. The minimum atomic E-state index is -0.996. The highest BCUT2D eigenvalue weighted by Crippen LogP contribution is 2.21. The molecule has 0 spiro atoms. The number of H-pyrrole nitrogens is 1. The predicted molar refractivity (Wildman–Crippen MR) is 107 cm³/mol. The van der Waals surface area contributed by atoms with Gasteiger partial charge < -0.3 is 19.7 Å². The van der Waals surface area contributed by atoms with Gasteiger partial charge in [-0.15, -0.1) is 0 Å². The average molecular weight is 401 g/mol.